The molecule has 7 nitrogen and oxygen atoms in total. The number of carbonyl (C=O) groups is 2. The number of hydrogen-bond acceptors (Lipinski definition) is 5. The van der Waals surface area contributed by atoms with Gasteiger partial charge in [-0.25, -0.2) is 4.79 Å². The van der Waals surface area contributed by atoms with Crippen molar-refractivity contribution >= 4 is 46.2 Å². The fraction of sp³-hybridized carbons (Fsp3) is 0.148. The quantitative estimate of drug-likeness (QED) is 0.191. The van der Waals surface area contributed by atoms with Gasteiger partial charge >= 0.3 is 5.97 Å². The Labute approximate surface area is 217 Å². The molecule has 3 aromatic rings. The molecule has 0 heterocycles. The first-order valence-electron chi connectivity index (χ1n) is 10.7. The van der Waals surface area contributed by atoms with E-state index < -0.39 is 11.9 Å². The maximum Gasteiger partial charge on any atom is 0.335 e. The lowest BCUT2D eigenvalue weighted by atomic mass is 10.1. The summed E-state index contributed by atoms with van der Waals surface area (Å²) in [5.41, 5.74) is 3.33. The van der Waals surface area contributed by atoms with Crippen molar-refractivity contribution in [1.29, 1.82) is 5.26 Å². The first-order chi connectivity index (χ1) is 16.8. The molecule has 0 saturated heterocycles. The van der Waals surface area contributed by atoms with Crippen LogP contribution in [-0.4, -0.2) is 24.1 Å². The standard InChI is InChI=1S/C27H23IN2O5/c1-3-17-6-10-22(11-7-17)30-26(31)21(15-29)12-19-13-23(28)25(24(14-19)34-2)35-16-18-4-8-20(9-5-18)27(32)33/h4-14H,3,16H2,1-2H3,(H,30,31)(H,32,33)/b21-12+. The number of carboxylic acid groups (broad SMARTS) is 1. The number of carbonyl (C=O) groups excluding carboxylic acids is 1. The highest BCUT2D eigenvalue weighted by Crippen LogP contribution is 2.35. The van der Waals surface area contributed by atoms with Crippen LogP contribution in [0.25, 0.3) is 6.08 Å². The van der Waals surface area contributed by atoms with Crippen LogP contribution in [0.3, 0.4) is 0 Å². The van der Waals surface area contributed by atoms with E-state index >= 15 is 0 Å². The summed E-state index contributed by atoms with van der Waals surface area (Å²) >= 11 is 2.10. The summed E-state index contributed by atoms with van der Waals surface area (Å²) in [4.78, 5) is 23.6. The van der Waals surface area contributed by atoms with Crippen molar-refractivity contribution in [3.05, 3.63) is 92.1 Å². The number of nitrogens with zero attached hydrogens (tertiary/aromatic N) is 1. The summed E-state index contributed by atoms with van der Waals surface area (Å²) in [6.07, 6.45) is 2.39. The molecule has 1 amide bonds. The molecule has 0 atom stereocenters. The highest BCUT2D eigenvalue weighted by atomic mass is 127. The zero-order valence-corrected chi connectivity index (χ0v) is 21.3. The molecule has 3 aromatic carbocycles. The van der Waals surface area contributed by atoms with E-state index in [2.05, 4.69) is 34.8 Å². The second kappa shape index (κ2) is 12.0. The molecular weight excluding hydrogens is 559 g/mol. The second-order valence-corrected chi connectivity index (χ2v) is 8.66. The summed E-state index contributed by atoms with van der Waals surface area (Å²) in [6.45, 7) is 2.26. The number of halogens is 1. The fourth-order valence-electron chi connectivity index (χ4n) is 3.20. The third-order valence-corrected chi connectivity index (χ3v) is 5.93. The lowest BCUT2D eigenvalue weighted by Gasteiger charge is -2.14. The molecule has 178 valence electrons. The molecule has 0 aliphatic carbocycles. The van der Waals surface area contributed by atoms with Gasteiger partial charge in [-0.15, -0.1) is 0 Å². The number of nitrogens with one attached hydrogen (secondary N) is 1. The number of methoxy groups -OCH3 is 1. The number of anilines is 1. The third kappa shape index (κ3) is 6.83. The lowest BCUT2D eigenvalue weighted by Crippen LogP contribution is -2.13. The van der Waals surface area contributed by atoms with Crippen molar-refractivity contribution in [3.8, 4) is 17.6 Å². The van der Waals surface area contributed by atoms with E-state index in [1.807, 2.05) is 18.2 Å². The Balaban J connectivity index is 1.77. The summed E-state index contributed by atoms with van der Waals surface area (Å²) in [6, 6.07) is 19.3. The van der Waals surface area contributed by atoms with Gasteiger partial charge in [0.25, 0.3) is 5.91 Å². The van der Waals surface area contributed by atoms with E-state index in [0.717, 1.165) is 21.1 Å². The van der Waals surface area contributed by atoms with E-state index in [9.17, 15) is 14.9 Å². The number of rotatable bonds is 9. The van der Waals surface area contributed by atoms with Gasteiger partial charge in [-0.2, -0.15) is 5.26 Å². The first kappa shape index (κ1) is 25.8. The molecule has 0 aromatic heterocycles. The predicted octanol–water partition coefficient (Wildman–Crippen LogP) is 5.69. The molecule has 35 heavy (non-hydrogen) atoms. The van der Waals surface area contributed by atoms with Crippen LogP contribution in [0.15, 0.2) is 66.2 Å². The van der Waals surface area contributed by atoms with Crippen LogP contribution in [-0.2, 0) is 17.8 Å². The molecule has 0 bridgehead atoms. The van der Waals surface area contributed by atoms with E-state index in [1.165, 1.54) is 25.3 Å². The smallest absolute Gasteiger partial charge is 0.335 e. The van der Waals surface area contributed by atoms with Gasteiger partial charge < -0.3 is 19.9 Å². The molecule has 0 aliphatic rings. The van der Waals surface area contributed by atoms with Crippen molar-refractivity contribution in [3.63, 3.8) is 0 Å². The first-order valence-corrected chi connectivity index (χ1v) is 11.8. The zero-order valence-electron chi connectivity index (χ0n) is 19.2. The van der Waals surface area contributed by atoms with Crippen LogP contribution >= 0.6 is 22.6 Å². The minimum Gasteiger partial charge on any atom is -0.493 e. The largest absolute Gasteiger partial charge is 0.493 e. The van der Waals surface area contributed by atoms with Crippen LogP contribution < -0.4 is 14.8 Å². The SMILES string of the molecule is CCc1ccc(NC(=O)/C(C#N)=C/c2cc(I)c(OCc3ccc(C(=O)O)cc3)c(OC)c2)cc1. The molecule has 0 unspecified atom stereocenters. The van der Waals surface area contributed by atoms with Crippen molar-refractivity contribution in [1.82, 2.24) is 0 Å². The normalized spacial score (nSPS) is 10.9. The number of hydrogen-bond donors (Lipinski definition) is 2. The average molecular weight is 582 g/mol. The maximum atomic E-state index is 12.6. The van der Waals surface area contributed by atoms with E-state index in [-0.39, 0.29) is 17.7 Å². The lowest BCUT2D eigenvalue weighted by molar-refractivity contribution is -0.112. The topological polar surface area (TPSA) is 109 Å². The minimum atomic E-state index is -0.989. The van der Waals surface area contributed by atoms with Gasteiger partial charge in [0.2, 0.25) is 0 Å². The van der Waals surface area contributed by atoms with Crippen LogP contribution in [0.5, 0.6) is 11.5 Å². The second-order valence-electron chi connectivity index (χ2n) is 7.50. The van der Waals surface area contributed by atoms with Gasteiger partial charge in [0.15, 0.2) is 11.5 Å². The predicted molar refractivity (Wildman–Crippen MR) is 141 cm³/mol. The summed E-state index contributed by atoms with van der Waals surface area (Å²) < 4.78 is 12.1. The monoisotopic (exact) mass is 582 g/mol. The van der Waals surface area contributed by atoms with Gasteiger partial charge in [0.05, 0.1) is 16.2 Å². The van der Waals surface area contributed by atoms with Gasteiger partial charge in [0, 0.05) is 5.69 Å². The number of nitriles is 1. The minimum absolute atomic E-state index is 0.0467. The Morgan fingerprint density at radius 3 is 2.31 bits per heavy atom. The molecule has 8 heteroatoms. The fourth-order valence-corrected chi connectivity index (χ4v) is 3.98. The highest BCUT2D eigenvalue weighted by Gasteiger charge is 2.14. The van der Waals surface area contributed by atoms with Gasteiger partial charge in [-0.3, -0.25) is 4.79 Å². The van der Waals surface area contributed by atoms with Crippen LogP contribution in [0.2, 0.25) is 0 Å². The maximum absolute atomic E-state index is 12.6. The number of aryl methyl sites for hydroxylation is 1. The van der Waals surface area contributed by atoms with Crippen molar-refractivity contribution in [2.75, 3.05) is 12.4 Å². The van der Waals surface area contributed by atoms with Gasteiger partial charge in [0.1, 0.15) is 18.2 Å². The number of aromatic carboxylic acids is 1. The van der Waals surface area contributed by atoms with Crippen molar-refractivity contribution in [2.45, 2.75) is 20.0 Å². The van der Waals surface area contributed by atoms with Crippen LogP contribution in [0.4, 0.5) is 5.69 Å². The Morgan fingerprint density at radius 2 is 1.74 bits per heavy atom. The molecule has 0 aliphatic heterocycles. The molecule has 2 N–H and O–H groups in total. The number of ether oxygens (including phenoxy) is 2. The molecule has 0 fully saturated rings. The Morgan fingerprint density at radius 1 is 1.09 bits per heavy atom. The van der Waals surface area contributed by atoms with Crippen LogP contribution in [0.1, 0.15) is 34.0 Å². The number of carboxylic acids is 1. The highest BCUT2D eigenvalue weighted by molar-refractivity contribution is 14.1. The summed E-state index contributed by atoms with van der Waals surface area (Å²) in [5.74, 6) is -0.544. The van der Waals surface area contributed by atoms with Crippen molar-refractivity contribution in [2.24, 2.45) is 0 Å². The van der Waals surface area contributed by atoms with Gasteiger partial charge in [-0.1, -0.05) is 31.2 Å². The summed E-state index contributed by atoms with van der Waals surface area (Å²) in [5, 5.41) is 21.3. The number of amides is 1. The molecular formula is C27H23IN2O5. The van der Waals surface area contributed by atoms with E-state index in [1.54, 1.807) is 36.4 Å². The number of benzene rings is 3. The van der Waals surface area contributed by atoms with E-state index in [4.69, 9.17) is 14.6 Å². The zero-order chi connectivity index (χ0) is 25.4. The average Bonchev–Trinajstić information content (AvgIpc) is 2.86. The van der Waals surface area contributed by atoms with Crippen LogP contribution in [0, 0.1) is 14.9 Å². The van der Waals surface area contributed by atoms with Crippen molar-refractivity contribution < 1.29 is 24.2 Å². The Hall–Kier alpha value is -3.84. The third-order valence-electron chi connectivity index (χ3n) is 5.13. The molecule has 0 saturated carbocycles. The van der Waals surface area contributed by atoms with Gasteiger partial charge in [-0.05, 0) is 88.2 Å². The Kier molecular flexibility index (Phi) is 8.86. The van der Waals surface area contributed by atoms with E-state index in [0.29, 0.717) is 22.7 Å². The summed E-state index contributed by atoms with van der Waals surface area (Å²) in [7, 11) is 1.51. The molecule has 3 rings (SSSR count). The molecule has 0 radical (unpaired) electrons. The Bertz CT molecular complexity index is 1290. The molecule has 0 spiro atoms.